The van der Waals surface area contributed by atoms with E-state index in [1.807, 2.05) is 19.2 Å². The van der Waals surface area contributed by atoms with Gasteiger partial charge in [0.25, 0.3) is 0 Å². The number of hydrogen-bond donors (Lipinski definition) is 1. The Morgan fingerprint density at radius 1 is 1.31 bits per heavy atom. The van der Waals surface area contributed by atoms with Crippen molar-refractivity contribution < 1.29 is 0 Å². The molecule has 2 rings (SSSR count). The maximum Gasteiger partial charge on any atom is 0.123 e. The lowest BCUT2D eigenvalue weighted by molar-refractivity contribution is 0.718. The SMILES string of the molecule is CNCCCc1csc(-c2ccncc2)n1. The molecule has 2 heterocycles. The van der Waals surface area contributed by atoms with E-state index >= 15 is 0 Å². The van der Waals surface area contributed by atoms with Crippen molar-refractivity contribution in [2.24, 2.45) is 0 Å². The molecule has 1 N–H and O–H groups in total. The van der Waals surface area contributed by atoms with E-state index in [1.165, 1.54) is 5.69 Å². The van der Waals surface area contributed by atoms with E-state index in [-0.39, 0.29) is 0 Å². The molecule has 0 aromatic carbocycles. The molecule has 0 saturated heterocycles. The third kappa shape index (κ3) is 2.87. The molecular weight excluding hydrogens is 218 g/mol. The number of rotatable bonds is 5. The van der Waals surface area contributed by atoms with E-state index < -0.39 is 0 Å². The van der Waals surface area contributed by atoms with Crippen LogP contribution in [-0.4, -0.2) is 23.6 Å². The number of aromatic nitrogens is 2. The maximum atomic E-state index is 4.62. The zero-order valence-corrected chi connectivity index (χ0v) is 10.1. The van der Waals surface area contributed by atoms with E-state index in [0.717, 1.165) is 30.0 Å². The molecule has 0 amide bonds. The van der Waals surface area contributed by atoms with Crippen molar-refractivity contribution in [3.8, 4) is 10.6 Å². The van der Waals surface area contributed by atoms with Crippen LogP contribution in [0.2, 0.25) is 0 Å². The third-order valence-electron chi connectivity index (χ3n) is 2.34. The van der Waals surface area contributed by atoms with Gasteiger partial charge in [0.1, 0.15) is 5.01 Å². The van der Waals surface area contributed by atoms with Crippen molar-refractivity contribution in [2.45, 2.75) is 12.8 Å². The smallest absolute Gasteiger partial charge is 0.123 e. The van der Waals surface area contributed by atoms with Gasteiger partial charge in [-0.05, 0) is 38.6 Å². The Labute approximate surface area is 99.6 Å². The van der Waals surface area contributed by atoms with Gasteiger partial charge in [-0.25, -0.2) is 4.98 Å². The summed E-state index contributed by atoms with van der Waals surface area (Å²) in [6, 6.07) is 3.99. The number of thiazole rings is 1. The summed E-state index contributed by atoms with van der Waals surface area (Å²) in [6.45, 7) is 1.04. The number of hydrogen-bond acceptors (Lipinski definition) is 4. The molecule has 0 aliphatic rings. The predicted molar refractivity (Wildman–Crippen MR) is 67.6 cm³/mol. The van der Waals surface area contributed by atoms with Crippen molar-refractivity contribution in [3.05, 3.63) is 35.6 Å². The molecule has 0 unspecified atom stereocenters. The molecule has 0 saturated carbocycles. The fraction of sp³-hybridized carbons (Fsp3) is 0.333. The van der Waals surface area contributed by atoms with Crippen molar-refractivity contribution in [1.82, 2.24) is 15.3 Å². The van der Waals surface area contributed by atoms with E-state index in [4.69, 9.17) is 0 Å². The van der Waals surface area contributed by atoms with Crippen LogP contribution in [0.5, 0.6) is 0 Å². The molecule has 4 heteroatoms. The maximum absolute atomic E-state index is 4.62. The van der Waals surface area contributed by atoms with Gasteiger partial charge in [-0.2, -0.15) is 0 Å². The van der Waals surface area contributed by atoms with Crippen LogP contribution in [0.1, 0.15) is 12.1 Å². The average Bonchev–Trinajstić information content (AvgIpc) is 2.79. The third-order valence-corrected chi connectivity index (χ3v) is 3.28. The van der Waals surface area contributed by atoms with Crippen LogP contribution in [-0.2, 0) is 6.42 Å². The second-order valence-corrected chi connectivity index (χ2v) is 4.45. The van der Waals surface area contributed by atoms with Gasteiger partial charge in [-0.15, -0.1) is 11.3 Å². The highest BCUT2D eigenvalue weighted by Gasteiger charge is 2.03. The van der Waals surface area contributed by atoms with Gasteiger partial charge >= 0.3 is 0 Å². The van der Waals surface area contributed by atoms with E-state index in [9.17, 15) is 0 Å². The topological polar surface area (TPSA) is 37.8 Å². The van der Waals surface area contributed by atoms with E-state index in [0.29, 0.717) is 0 Å². The largest absolute Gasteiger partial charge is 0.320 e. The van der Waals surface area contributed by atoms with Gasteiger partial charge in [0.2, 0.25) is 0 Å². The number of aryl methyl sites for hydroxylation is 1. The Balaban J connectivity index is 2.02. The van der Waals surface area contributed by atoms with Crippen LogP contribution in [0.3, 0.4) is 0 Å². The highest BCUT2D eigenvalue weighted by atomic mass is 32.1. The lowest BCUT2D eigenvalue weighted by atomic mass is 10.2. The van der Waals surface area contributed by atoms with E-state index in [1.54, 1.807) is 23.7 Å². The van der Waals surface area contributed by atoms with Crippen molar-refractivity contribution >= 4 is 11.3 Å². The van der Waals surface area contributed by atoms with Gasteiger partial charge in [0.15, 0.2) is 0 Å². The molecule has 0 bridgehead atoms. The van der Waals surface area contributed by atoms with Gasteiger partial charge in [0, 0.05) is 23.3 Å². The van der Waals surface area contributed by atoms with E-state index in [2.05, 4.69) is 20.7 Å². The van der Waals surface area contributed by atoms with Crippen molar-refractivity contribution in [1.29, 1.82) is 0 Å². The summed E-state index contributed by atoms with van der Waals surface area (Å²) in [5, 5.41) is 6.37. The molecule has 0 atom stereocenters. The molecule has 0 spiro atoms. The van der Waals surface area contributed by atoms with Gasteiger partial charge in [-0.3, -0.25) is 4.98 Å². The molecule has 2 aromatic rings. The summed E-state index contributed by atoms with van der Waals surface area (Å²) in [5.41, 5.74) is 2.34. The van der Waals surface area contributed by atoms with Crippen molar-refractivity contribution in [3.63, 3.8) is 0 Å². The monoisotopic (exact) mass is 233 g/mol. The fourth-order valence-corrected chi connectivity index (χ4v) is 2.36. The normalized spacial score (nSPS) is 10.6. The van der Waals surface area contributed by atoms with Crippen molar-refractivity contribution in [2.75, 3.05) is 13.6 Å². The van der Waals surface area contributed by atoms with Crippen LogP contribution < -0.4 is 5.32 Å². The van der Waals surface area contributed by atoms with Gasteiger partial charge in [-0.1, -0.05) is 0 Å². The fourth-order valence-electron chi connectivity index (χ4n) is 1.50. The Kier molecular flexibility index (Phi) is 4.02. The lowest BCUT2D eigenvalue weighted by Crippen LogP contribution is -2.08. The first-order chi connectivity index (χ1) is 7.90. The molecule has 16 heavy (non-hydrogen) atoms. The molecule has 0 fully saturated rings. The molecule has 84 valence electrons. The lowest BCUT2D eigenvalue weighted by Gasteiger charge is -1.96. The first kappa shape index (κ1) is 11.2. The Bertz CT molecular complexity index is 425. The summed E-state index contributed by atoms with van der Waals surface area (Å²) >= 11 is 1.70. The number of pyridine rings is 1. The second-order valence-electron chi connectivity index (χ2n) is 3.59. The molecule has 0 aliphatic carbocycles. The zero-order chi connectivity index (χ0) is 11.2. The second kappa shape index (κ2) is 5.72. The summed E-state index contributed by atoms with van der Waals surface area (Å²) in [5.74, 6) is 0. The molecule has 0 aliphatic heterocycles. The first-order valence-electron chi connectivity index (χ1n) is 5.39. The Hall–Kier alpha value is -1.26. The van der Waals surface area contributed by atoms with Crippen LogP contribution in [0.15, 0.2) is 29.9 Å². The minimum atomic E-state index is 1.04. The van der Waals surface area contributed by atoms with Crippen LogP contribution in [0.25, 0.3) is 10.6 Å². The number of nitrogens with zero attached hydrogens (tertiary/aromatic N) is 2. The summed E-state index contributed by atoms with van der Waals surface area (Å²) < 4.78 is 0. The van der Waals surface area contributed by atoms with Gasteiger partial charge < -0.3 is 5.32 Å². The average molecular weight is 233 g/mol. The zero-order valence-electron chi connectivity index (χ0n) is 9.31. The predicted octanol–water partition coefficient (Wildman–Crippen LogP) is 2.36. The standard InChI is InChI=1S/C12H15N3S/c1-13-6-2-3-11-9-16-12(15-11)10-4-7-14-8-5-10/h4-5,7-9,13H,2-3,6H2,1H3. The molecule has 3 nitrogen and oxygen atoms in total. The van der Waals surface area contributed by atoms with Crippen LogP contribution >= 0.6 is 11.3 Å². The summed E-state index contributed by atoms with van der Waals surface area (Å²) in [7, 11) is 1.98. The summed E-state index contributed by atoms with van der Waals surface area (Å²) in [6.07, 6.45) is 5.78. The van der Waals surface area contributed by atoms with Gasteiger partial charge in [0.05, 0.1) is 5.69 Å². The minimum Gasteiger partial charge on any atom is -0.320 e. The molecular formula is C12H15N3S. The Morgan fingerprint density at radius 2 is 2.12 bits per heavy atom. The Morgan fingerprint density at radius 3 is 2.88 bits per heavy atom. The number of nitrogens with one attached hydrogen (secondary N) is 1. The molecule has 0 radical (unpaired) electrons. The molecule has 2 aromatic heterocycles. The summed E-state index contributed by atoms with van der Waals surface area (Å²) in [4.78, 5) is 8.62. The van der Waals surface area contributed by atoms with Crippen LogP contribution in [0.4, 0.5) is 0 Å². The first-order valence-corrected chi connectivity index (χ1v) is 6.27. The minimum absolute atomic E-state index is 1.04. The van der Waals surface area contributed by atoms with Crippen LogP contribution in [0, 0.1) is 0 Å². The highest BCUT2D eigenvalue weighted by Crippen LogP contribution is 2.23. The quantitative estimate of drug-likeness (QED) is 0.806. The highest BCUT2D eigenvalue weighted by molar-refractivity contribution is 7.13.